The van der Waals surface area contributed by atoms with E-state index in [1.165, 1.54) is 24.3 Å². The van der Waals surface area contributed by atoms with E-state index in [0.29, 0.717) is 17.7 Å². The summed E-state index contributed by atoms with van der Waals surface area (Å²) in [7, 11) is 0. The van der Waals surface area contributed by atoms with E-state index < -0.39 is 18.6 Å². The standard InChI is InChI=1S/C23H27F3N4O3/c24-23(25,26)22(33)29-19(27)15-9-11-16(12-10-15)20(31)28-14-18-8-4-5-13-30(18)21(32)17-6-2-1-3-7-17/h1-3,6-7,9-12,18-19,22,29,33H,4-5,8,13-14,27H2,(H,28,31). The van der Waals surface area contributed by atoms with Crippen molar-refractivity contribution in [2.45, 2.75) is 43.9 Å². The van der Waals surface area contributed by atoms with Gasteiger partial charge in [0, 0.05) is 30.3 Å². The lowest BCUT2D eigenvalue weighted by Crippen LogP contribution is -2.49. The molecule has 2 aromatic carbocycles. The molecule has 2 amide bonds. The number of likely N-dealkylation sites (tertiary alicyclic amines) is 1. The molecule has 3 unspecified atom stereocenters. The van der Waals surface area contributed by atoms with Crippen LogP contribution in [0.4, 0.5) is 13.2 Å². The number of hydrogen-bond acceptors (Lipinski definition) is 5. The van der Waals surface area contributed by atoms with Crippen LogP contribution in [-0.2, 0) is 0 Å². The van der Waals surface area contributed by atoms with Crippen molar-refractivity contribution in [3.8, 4) is 0 Å². The zero-order chi connectivity index (χ0) is 24.0. The van der Waals surface area contributed by atoms with Gasteiger partial charge in [0.2, 0.25) is 6.23 Å². The Kier molecular flexibility index (Phi) is 8.06. The highest BCUT2D eigenvalue weighted by Crippen LogP contribution is 2.21. The quantitative estimate of drug-likeness (QED) is 0.471. The number of nitrogens with two attached hydrogens (primary N) is 1. The second-order valence-electron chi connectivity index (χ2n) is 7.93. The van der Waals surface area contributed by atoms with Crippen LogP contribution in [0.25, 0.3) is 0 Å². The first-order valence-corrected chi connectivity index (χ1v) is 10.7. The van der Waals surface area contributed by atoms with Gasteiger partial charge in [0.1, 0.15) is 0 Å². The van der Waals surface area contributed by atoms with Crippen LogP contribution in [0.3, 0.4) is 0 Å². The van der Waals surface area contributed by atoms with Gasteiger partial charge in [0.05, 0.1) is 6.17 Å². The molecule has 0 aromatic heterocycles. The molecular formula is C23H27F3N4O3. The average Bonchev–Trinajstić information content (AvgIpc) is 2.82. The molecule has 33 heavy (non-hydrogen) atoms. The Bertz CT molecular complexity index is 938. The summed E-state index contributed by atoms with van der Waals surface area (Å²) in [6, 6.07) is 14.6. The highest BCUT2D eigenvalue weighted by atomic mass is 19.4. The van der Waals surface area contributed by atoms with Gasteiger partial charge in [-0.15, -0.1) is 0 Å². The van der Waals surface area contributed by atoms with Crippen molar-refractivity contribution in [1.82, 2.24) is 15.5 Å². The number of rotatable bonds is 7. The van der Waals surface area contributed by atoms with Crippen molar-refractivity contribution in [3.05, 3.63) is 71.3 Å². The molecule has 2 aromatic rings. The van der Waals surface area contributed by atoms with Gasteiger partial charge in [-0.25, -0.2) is 0 Å². The molecule has 0 bridgehead atoms. The Hall–Kier alpha value is -2.95. The van der Waals surface area contributed by atoms with Gasteiger partial charge in [-0.2, -0.15) is 13.2 Å². The third kappa shape index (κ3) is 6.53. The number of carbonyl (C=O) groups is 2. The second-order valence-corrected chi connectivity index (χ2v) is 7.93. The Morgan fingerprint density at radius 2 is 1.73 bits per heavy atom. The molecule has 7 nitrogen and oxygen atoms in total. The first-order chi connectivity index (χ1) is 15.7. The Morgan fingerprint density at radius 3 is 2.36 bits per heavy atom. The van der Waals surface area contributed by atoms with Crippen LogP contribution in [0.1, 0.15) is 51.7 Å². The number of nitrogens with zero attached hydrogens (tertiary/aromatic N) is 1. The third-order valence-electron chi connectivity index (χ3n) is 5.59. The molecule has 1 saturated heterocycles. The number of hydrogen-bond donors (Lipinski definition) is 4. The molecule has 0 spiro atoms. The molecule has 0 radical (unpaired) electrons. The summed E-state index contributed by atoms with van der Waals surface area (Å²) < 4.78 is 37.4. The molecule has 1 aliphatic heterocycles. The van der Waals surface area contributed by atoms with E-state index in [-0.39, 0.29) is 30.0 Å². The molecule has 1 heterocycles. The van der Waals surface area contributed by atoms with Crippen molar-refractivity contribution < 1.29 is 27.9 Å². The highest BCUT2D eigenvalue weighted by Gasteiger charge is 2.39. The van der Waals surface area contributed by atoms with E-state index in [1.807, 2.05) is 23.5 Å². The molecule has 5 N–H and O–H groups in total. The SMILES string of the molecule is NC(NC(O)C(F)(F)F)c1ccc(C(=O)NCC2CCCCN2C(=O)c2ccccc2)cc1. The van der Waals surface area contributed by atoms with Crippen molar-refractivity contribution in [1.29, 1.82) is 0 Å². The van der Waals surface area contributed by atoms with Crippen molar-refractivity contribution in [2.24, 2.45) is 5.73 Å². The topological polar surface area (TPSA) is 108 Å². The predicted molar refractivity (Wildman–Crippen MR) is 116 cm³/mol. The molecule has 178 valence electrons. The lowest BCUT2D eigenvalue weighted by atomic mass is 10.0. The number of alkyl halides is 3. The maximum Gasteiger partial charge on any atom is 0.428 e. The molecule has 3 atom stereocenters. The summed E-state index contributed by atoms with van der Waals surface area (Å²) in [6.45, 7) is 0.912. The van der Waals surface area contributed by atoms with E-state index >= 15 is 0 Å². The third-order valence-corrected chi connectivity index (χ3v) is 5.59. The van der Waals surface area contributed by atoms with E-state index in [4.69, 9.17) is 10.8 Å². The lowest BCUT2D eigenvalue weighted by molar-refractivity contribution is -0.216. The maximum atomic E-state index is 12.9. The monoisotopic (exact) mass is 464 g/mol. The van der Waals surface area contributed by atoms with Gasteiger partial charge in [0.15, 0.2) is 0 Å². The fourth-order valence-electron chi connectivity index (χ4n) is 3.74. The number of halogens is 3. The van der Waals surface area contributed by atoms with Crippen LogP contribution in [-0.4, -0.2) is 53.4 Å². The largest absolute Gasteiger partial charge is 0.428 e. The van der Waals surface area contributed by atoms with Gasteiger partial charge < -0.3 is 21.1 Å². The molecule has 10 heteroatoms. The number of amides is 2. The Labute approximate surface area is 189 Å². The average molecular weight is 464 g/mol. The zero-order valence-electron chi connectivity index (χ0n) is 17.9. The van der Waals surface area contributed by atoms with E-state index in [2.05, 4.69) is 5.32 Å². The lowest BCUT2D eigenvalue weighted by Gasteiger charge is -2.36. The minimum atomic E-state index is -4.84. The van der Waals surface area contributed by atoms with Crippen molar-refractivity contribution in [3.63, 3.8) is 0 Å². The molecule has 0 saturated carbocycles. The number of aliphatic hydroxyl groups excluding tert-OH is 1. The summed E-state index contributed by atoms with van der Waals surface area (Å²) in [6.07, 6.45) is -6.22. The molecular weight excluding hydrogens is 437 g/mol. The fraction of sp³-hybridized carbons (Fsp3) is 0.391. The van der Waals surface area contributed by atoms with Crippen LogP contribution in [0, 0.1) is 0 Å². The van der Waals surface area contributed by atoms with Crippen LogP contribution < -0.4 is 16.4 Å². The van der Waals surface area contributed by atoms with Gasteiger partial charge in [-0.05, 0) is 49.1 Å². The van der Waals surface area contributed by atoms with E-state index in [0.717, 1.165) is 19.3 Å². The highest BCUT2D eigenvalue weighted by molar-refractivity contribution is 5.95. The fourth-order valence-corrected chi connectivity index (χ4v) is 3.74. The van der Waals surface area contributed by atoms with Gasteiger partial charge in [-0.1, -0.05) is 30.3 Å². The first-order valence-electron chi connectivity index (χ1n) is 10.7. The number of nitrogens with one attached hydrogen (secondary N) is 2. The molecule has 1 fully saturated rings. The van der Waals surface area contributed by atoms with Crippen molar-refractivity contribution >= 4 is 11.8 Å². The number of benzene rings is 2. The minimum Gasteiger partial charge on any atom is -0.370 e. The Morgan fingerprint density at radius 1 is 1.06 bits per heavy atom. The summed E-state index contributed by atoms with van der Waals surface area (Å²) in [5.74, 6) is -0.433. The summed E-state index contributed by atoms with van der Waals surface area (Å²) in [5, 5.41) is 13.8. The van der Waals surface area contributed by atoms with E-state index in [9.17, 15) is 22.8 Å². The predicted octanol–water partition coefficient (Wildman–Crippen LogP) is 2.54. The van der Waals surface area contributed by atoms with E-state index in [1.54, 1.807) is 17.0 Å². The summed E-state index contributed by atoms with van der Waals surface area (Å²) in [5.41, 5.74) is 6.85. The van der Waals surface area contributed by atoms with Gasteiger partial charge in [-0.3, -0.25) is 14.9 Å². The number of aliphatic hydroxyl groups is 1. The normalized spacial score (nSPS) is 18.5. The van der Waals surface area contributed by atoms with Crippen LogP contribution >= 0.6 is 0 Å². The molecule has 0 aliphatic carbocycles. The second kappa shape index (κ2) is 10.8. The van der Waals surface area contributed by atoms with Crippen LogP contribution in [0.2, 0.25) is 0 Å². The first kappa shape index (κ1) is 24.7. The number of carbonyl (C=O) groups excluding carboxylic acids is 2. The zero-order valence-corrected chi connectivity index (χ0v) is 17.9. The van der Waals surface area contributed by atoms with Crippen LogP contribution in [0.15, 0.2) is 54.6 Å². The Balaban J connectivity index is 1.57. The number of piperidine rings is 1. The van der Waals surface area contributed by atoms with Crippen molar-refractivity contribution in [2.75, 3.05) is 13.1 Å². The molecule has 3 rings (SSSR count). The van der Waals surface area contributed by atoms with Crippen LogP contribution in [0.5, 0.6) is 0 Å². The maximum absolute atomic E-state index is 12.9. The minimum absolute atomic E-state index is 0.0681. The van der Waals surface area contributed by atoms with Gasteiger partial charge in [0.25, 0.3) is 11.8 Å². The van der Waals surface area contributed by atoms with Gasteiger partial charge >= 0.3 is 6.18 Å². The summed E-state index contributed by atoms with van der Waals surface area (Å²) >= 11 is 0. The molecule has 1 aliphatic rings. The summed E-state index contributed by atoms with van der Waals surface area (Å²) in [4.78, 5) is 27.2. The smallest absolute Gasteiger partial charge is 0.370 e.